The highest BCUT2D eigenvalue weighted by Crippen LogP contribution is 2.53. The van der Waals surface area contributed by atoms with Crippen molar-refractivity contribution in [1.82, 2.24) is 9.80 Å². The monoisotopic (exact) mass is 566 g/mol. The number of benzene rings is 3. The van der Waals surface area contributed by atoms with E-state index in [-0.39, 0.29) is 5.91 Å². The molecule has 0 bridgehead atoms. The van der Waals surface area contributed by atoms with Crippen molar-refractivity contribution in [2.75, 3.05) is 44.7 Å². The van der Waals surface area contributed by atoms with Gasteiger partial charge in [0.15, 0.2) is 0 Å². The molecule has 222 valence electrons. The van der Waals surface area contributed by atoms with E-state index >= 15 is 0 Å². The van der Waals surface area contributed by atoms with Gasteiger partial charge in [-0.2, -0.15) is 0 Å². The van der Waals surface area contributed by atoms with Crippen molar-refractivity contribution in [2.45, 2.75) is 64.1 Å². The summed E-state index contributed by atoms with van der Waals surface area (Å²) in [5, 5.41) is 0. The summed E-state index contributed by atoms with van der Waals surface area (Å²) in [7, 11) is 1.72. The second kappa shape index (κ2) is 12.1. The Bertz CT molecular complexity index is 1370. The van der Waals surface area contributed by atoms with E-state index in [0.29, 0.717) is 29.0 Å². The standard InChI is InChI=1S/C36H46N4O2/c1-26(2)30-8-4-5-9-31(30)34-25-38(24-27-12-14-29(42-3)15-13-27)20-21-40(34)28-22-36(23-28)16-18-39(19-17-36)33-11-7-6-10-32(33)35(37)41/h4-15,26,28,34H,16-25H2,1-3H3,(H2,37,41). The van der Waals surface area contributed by atoms with Crippen molar-refractivity contribution in [3.8, 4) is 5.75 Å². The molecule has 6 rings (SSSR count). The first-order valence-electron chi connectivity index (χ1n) is 15.7. The van der Waals surface area contributed by atoms with Gasteiger partial charge in [-0.1, -0.05) is 62.4 Å². The van der Waals surface area contributed by atoms with Gasteiger partial charge in [-0.05, 0) is 78.0 Å². The molecule has 3 fully saturated rings. The molecule has 1 saturated carbocycles. The minimum Gasteiger partial charge on any atom is -0.497 e. The zero-order chi connectivity index (χ0) is 29.3. The fraction of sp³-hybridized carbons (Fsp3) is 0.472. The normalized spacial score (nSPS) is 21.4. The van der Waals surface area contributed by atoms with Crippen LogP contribution in [-0.4, -0.2) is 61.6 Å². The summed E-state index contributed by atoms with van der Waals surface area (Å²) in [5.74, 6) is 1.07. The summed E-state index contributed by atoms with van der Waals surface area (Å²) in [6.45, 7) is 10.8. The molecule has 1 amide bonds. The van der Waals surface area contributed by atoms with Gasteiger partial charge in [-0.3, -0.25) is 14.6 Å². The molecule has 1 aliphatic carbocycles. The number of ether oxygens (including phenoxy) is 1. The van der Waals surface area contributed by atoms with E-state index in [1.807, 2.05) is 24.3 Å². The molecule has 2 N–H and O–H groups in total. The van der Waals surface area contributed by atoms with Crippen LogP contribution in [0, 0.1) is 5.41 Å². The molecular weight excluding hydrogens is 520 g/mol. The van der Waals surface area contributed by atoms with E-state index in [2.05, 4.69) is 77.1 Å². The number of nitrogens with two attached hydrogens (primary N) is 1. The molecular formula is C36H46N4O2. The average Bonchev–Trinajstić information content (AvgIpc) is 3.00. The summed E-state index contributed by atoms with van der Waals surface area (Å²) >= 11 is 0. The minimum atomic E-state index is -0.339. The number of carbonyl (C=O) groups is 1. The van der Waals surface area contributed by atoms with E-state index in [0.717, 1.165) is 50.7 Å². The largest absolute Gasteiger partial charge is 0.497 e. The minimum absolute atomic E-state index is 0.339. The lowest BCUT2D eigenvalue weighted by atomic mass is 9.59. The third kappa shape index (κ3) is 5.80. The molecule has 2 aliphatic heterocycles. The summed E-state index contributed by atoms with van der Waals surface area (Å²) in [6.07, 6.45) is 4.91. The maximum atomic E-state index is 12.0. The van der Waals surface area contributed by atoms with Crippen LogP contribution in [0.4, 0.5) is 5.69 Å². The summed E-state index contributed by atoms with van der Waals surface area (Å²) < 4.78 is 5.38. The number of methoxy groups -OCH3 is 1. The lowest BCUT2D eigenvalue weighted by molar-refractivity contribution is -0.0628. The first-order chi connectivity index (χ1) is 20.4. The Hall–Kier alpha value is -3.35. The van der Waals surface area contributed by atoms with Gasteiger partial charge in [0.05, 0.1) is 12.7 Å². The number of primary amides is 1. The molecule has 2 heterocycles. The van der Waals surface area contributed by atoms with Crippen molar-refractivity contribution in [1.29, 1.82) is 0 Å². The highest BCUT2D eigenvalue weighted by Gasteiger charge is 2.50. The van der Waals surface area contributed by atoms with Crippen LogP contribution in [0.5, 0.6) is 5.75 Å². The number of rotatable bonds is 8. The van der Waals surface area contributed by atoms with E-state index in [4.69, 9.17) is 10.5 Å². The predicted octanol–water partition coefficient (Wildman–Crippen LogP) is 6.23. The maximum Gasteiger partial charge on any atom is 0.250 e. The second-order valence-electron chi connectivity index (χ2n) is 13.1. The van der Waals surface area contributed by atoms with Crippen LogP contribution in [0.15, 0.2) is 72.8 Å². The number of nitrogens with zero attached hydrogens (tertiary/aromatic N) is 3. The first-order valence-corrected chi connectivity index (χ1v) is 15.7. The number of piperidine rings is 1. The molecule has 42 heavy (non-hydrogen) atoms. The molecule has 3 aromatic rings. The van der Waals surface area contributed by atoms with Crippen molar-refractivity contribution in [3.63, 3.8) is 0 Å². The fourth-order valence-electron chi connectivity index (χ4n) is 7.80. The van der Waals surface area contributed by atoms with Crippen LogP contribution in [0.1, 0.15) is 78.5 Å². The zero-order valence-electron chi connectivity index (χ0n) is 25.5. The van der Waals surface area contributed by atoms with Gasteiger partial charge in [0, 0.05) is 57.0 Å². The highest BCUT2D eigenvalue weighted by molar-refractivity contribution is 5.98. The number of hydrogen-bond donors (Lipinski definition) is 1. The third-order valence-corrected chi connectivity index (χ3v) is 10.2. The Morgan fingerprint density at radius 3 is 2.31 bits per heavy atom. The number of amides is 1. The Labute approximate surface area is 251 Å². The molecule has 0 radical (unpaired) electrons. The van der Waals surface area contributed by atoms with E-state index in [1.165, 1.54) is 42.4 Å². The fourth-order valence-corrected chi connectivity index (χ4v) is 7.80. The van der Waals surface area contributed by atoms with E-state index in [1.54, 1.807) is 7.11 Å². The Morgan fingerprint density at radius 1 is 0.929 bits per heavy atom. The Morgan fingerprint density at radius 2 is 1.62 bits per heavy atom. The molecule has 6 nitrogen and oxygen atoms in total. The first kappa shape index (κ1) is 28.8. The molecule has 3 aliphatic rings. The summed E-state index contributed by atoms with van der Waals surface area (Å²) in [4.78, 5) is 19.9. The van der Waals surface area contributed by atoms with Crippen LogP contribution < -0.4 is 15.4 Å². The quantitative estimate of drug-likeness (QED) is 0.351. The third-order valence-electron chi connectivity index (χ3n) is 10.2. The smallest absolute Gasteiger partial charge is 0.250 e. The van der Waals surface area contributed by atoms with Crippen LogP contribution in [0.25, 0.3) is 0 Å². The van der Waals surface area contributed by atoms with E-state index in [9.17, 15) is 4.79 Å². The molecule has 3 aromatic carbocycles. The van der Waals surface area contributed by atoms with Gasteiger partial charge in [-0.25, -0.2) is 0 Å². The second-order valence-corrected chi connectivity index (χ2v) is 13.1. The number of anilines is 1. The molecule has 1 spiro atoms. The molecule has 0 aromatic heterocycles. The van der Waals surface area contributed by atoms with Crippen LogP contribution in [-0.2, 0) is 6.54 Å². The summed E-state index contributed by atoms with van der Waals surface area (Å²) in [5.41, 5.74) is 12.1. The molecule has 1 unspecified atom stereocenters. The van der Waals surface area contributed by atoms with Gasteiger partial charge >= 0.3 is 0 Å². The molecule has 1 atom stereocenters. The van der Waals surface area contributed by atoms with Gasteiger partial charge in [0.25, 0.3) is 5.91 Å². The number of piperazine rings is 1. The lowest BCUT2D eigenvalue weighted by Crippen LogP contribution is -2.60. The number of para-hydroxylation sites is 1. The highest BCUT2D eigenvalue weighted by atomic mass is 16.5. The average molecular weight is 567 g/mol. The topological polar surface area (TPSA) is 62.0 Å². The van der Waals surface area contributed by atoms with Crippen molar-refractivity contribution < 1.29 is 9.53 Å². The van der Waals surface area contributed by atoms with Gasteiger partial charge < -0.3 is 15.4 Å². The van der Waals surface area contributed by atoms with Crippen molar-refractivity contribution in [3.05, 3.63) is 95.1 Å². The number of hydrogen-bond acceptors (Lipinski definition) is 5. The van der Waals surface area contributed by atoms with E-state index < -0.39 is 0 Å². The maximum absolute atomic E-state index is 12.0. The van der Waals surface area contributed by atoms with Crippen molar-refractivity contribution >= 4 is 11.6 Å². The molecule has 2 saturated heterocycles. The SMILES string of the molecule is COc1ccc(CN2CCN(C3CC4(CCN(c5ccccc5C(N)=O)CC4)C3)C(c3ccccc3C(C)C)C2)cc1. The Balaban J connectivity index is 1.15. The summed E-state index contributed by atoms with van der Waals surface area (Å²) in [6, 6.07) is 26.5. The number of carbonyl (C=O) groups excluding carboxylic acids is 1. The van der Waals surface area contributed by atoms with Crippen LogP contribution in [0.2, 0.25) is 0 Å². The van der Waals surface area contributed by atoms with Gasteiger partial charge in [-0.15, -0.1) is 0 Å². The Kier molecular flexibility index (Phi) is 8.28. The van der Waals surface area contributed by atoms with Gasteiger partial charge in [0.2, 0.25) is 0 Å². The van der Waals surface area contributed by atoms with Gasteiger partial charge in [0.1, 0.15) is 5.75 Å². The zero-order valence-corrected chi connectivity index (χ0v) is 25.5. The predicted molar refractivity (Wildman–Crippen MR) is 170 cm³/mol. The molecule has 6 heteroatoms. The lowest BCUT2D eigenvalue weighted by Gasteiger charge is -2.58. The van der Waals surface area contributed by atoms with Crippen LogP contribution in [0.3, 0.4) is 0 Å². The van der Waals surface area contributed by atoms with Crippen molar-refractivity contribution in [2.24, 2.45) is 11.1 Å². The van der Waals surface area contributed by atoms with Crippen LogP contribution >= 0.6 is 0 Å².